The lowest BCUT2D eigenvalue weighted by Crippen LogP contribution is -2.49. The molecule has 1 fully saturated rings. The molecule has 0 radical (unpaired) electrons. The van der Waals surface area contributed by atoms with Crippen LogP contribution in [0.1, 0.15) is 0 Å². The molecule has 1 unspecified atom stereocenters. The quantitative estimate of drug-likeness (QED) is 0.820. The van der Waals surface area contributed by atoms with Crippen LogP contribution in [0.25, 0.3) is 0 Å². The predicted octanol–water partition coefficient (Wildman–Crippen LogP) is 1.02. The van der Waals surface area contributed by atoms with Crippen molar-refractivity contribution >= 4 is 17.9 Å². The number of hydrogen-bond acceptors (Lipinski definition) is 4. The molecule has 0 bridgehead atoms. The maximum Gasteiger partial charge on any atom is 0.238 e. The minimum Gasteiger partial charge on any atom is -0.378 e. The number of nitrogens with two attached hydrogens (primary N) is 1. The Morgan fingerprint density at radius 1 is 1.47 bits per heavy atom. The molecule has 2 N–H and O–H groups in total. The standard InChI is InChI=1S/C11H13FN2O2S/c12-8-1-3-9(4-2-8)17-14-5-6-16-7-10(14)11(13)15/h1-4,10H,5-7H2,(H2,13,15). The van der Waals surface area contributed by atoms with E-state index in [0.29, 0.717) is 19.8 Å². The van der Waals surface area contributed by atoms with Gasteiger partial charge in [0.1, 0.15) is 11.9 Å². The highest BCUT2D eigenvalue weighted by atomic mass is 32.2. The zero-order valence-corrected chi connectivity index (χ0v) is 9.95. The molecule has 1 aromatic rings. The molecule has 1 aromatic carbocycles. The van der Waals surface area contributed by atoms with Crippen LogP contribution in [0.4, 0.5) is 4.39 Å². The van der Waals surface area contributed by atoms with Gasteiger partial charge in [-0.05, 0) is 36.2 Å². The van der Waals surface area contributed by atoms with Crippen LogP contribution in [0.3, 0.4) is 0 Å². The lowest BCUT2D eigenvalue weighted by Gasteiger charge is -2.32. The van der Waals surface area contributed by atoms with Crippen molar-refractivity contribution in [3.63, 3.8) is 0 Å². The van der Waals surface area contributed by atoms with Gasteiger partial charge in [0.15, 0.2) is 0 Å². The van der Waals surface area contributed by atoms with Gasteiger partial charge in [0.05, 0.1) is 13.2 Å². The molecule has 1 amide bonds. The minimum absolute atomic E-state index is 0.275. The Morgan fingerprint density at radius 3 is 2.82 bits per heavy atom. The van der Waals surface area contributed by atoms with Crippen LogP contribution < -0.4 is 5.73 Å². The smallest absolute Gasteiger partial charge is 0.238 e. The third-order valence-electron chi connectivity index (χ3n) is 2.44. The van der Waals surface area contributed by atoms with Crippen molar-refractivity contribution in [1.29, 1.82) is 0 Å². The van der Waals surface area contributed by atoms with Gasteiger partial charge in [0, 0.05) is 11.4 Å². The SMILES string of the molecule is NC(=O)C1COCCN1Sc1ccc(F)cc1. The number of benzene rings is 1. The van der Waals surface area contributed by atoms with Gasteiger partial charge in [-0.3, -0.25) is 4.79 Å². The van der Waals surface area contributed by atoms with Crippen LogP contribution in [-0.4, -0.2) is 36.0 Å². The maximum atomic E-state index is 12.8. The first kappa shape index (κ1) is 12.3. The average Bonchev–Trinajstić information content (AvgIpc) is 2.32. The molecule has 1 atom stereocenters. The van der Waals surface area contributed by atoms with Gasteiger partial charge in [-0.15, -0.1) is 0 Å². The number of morpholine rings is 1. The van der Waals surface area contributed by atoms with Crippen LogP contribution >= 0.6 is 11.9 Å². The molecule has 17 heavy (non-hydrogen) atoms. The van der Waals surface area contributed by atoms with Crippen LogP contribution in [0.15, 0.2) is 29.2 Å². The summed E-state index contributed by atoms with van der Waals surface area (Å²) in [5.41, 5.74) is 5.30. The number of primary amides is 1. The van der Waals surface area contributed by atoms with Crippen molar-refractivity contribution in [2.45, 2.75) is 10.9 Å². The maximum absolute atomic E-state index is 12.8. The van der Waals surface area contributed by atoms with Gasteiger partial charge >= 0.3 is 0 Å². The Bertz CT molecular complexity index is 399. The number of carbonyl (C=O) groups excluding carboxylic acids is 1. The van der Waals surface area contributed by atoms with E-state index in [1.807, 2.05) is 4.31 Å². The molecule has 0 saturated carbocycles. The van der Waals surface area contributed by atoms with Gasteiger partial charge in [0.25, 0.3) is 0 Å². The molecule has 4 nitrogen and oxygen atoms in total. The molecule has 1 heterocycles. The summed E-state index contributed by atoms with van der Waals surface area (Å²) in [5, 5.41) is 0. The number of rotatable bonds is 3. The summed E-state index contributed by atoms with van der Waals surface area (Å²) in [6, 6.07) is 5.70. The van der Waals surface area contributed by atoms with Crippen LogP contribution in [0, 0.1) is 5.82 Å². The highest BCUT2D eigenvalue weighted by Crippen LogP contribution is 2.26. The average molecular weight is 256 g/mol. The van der Waals surface area contributed by atoms with Gasteiger partial charge in [0.2, 0.25) is 5.91 Å². The van der Waals surface area contributed by atoms with Crippen molar-refractivity contribution in [3.8, 4) is 0 Å². The topological polar surface area (TPSA) is 55.6 Å². The second-order valence-corrected chi connectivity index (χ2v) is 4.80. The van der Waals surface area contributed by atoms with Gasteiger partial charge in [-0.25, -0.2) is 8.70 Å². The van der Waals surface area contributed by atoms with Crippen molar-refractivity contribution < 1.29 is 13.9 Å². The lowest BCUT2D eigenvalue weighted by molar-refractivity contribution is -0.125. The monoisotopic (exact) mass is 256 g/mol. The summed E-state index contributed by atoms with van der Waals surface area (Å²) in [7, 11) is 0. The number of ether oxygens (including phenoxy) is 1. The first-order chi connectivity index (χ1) is 8.16. The van der Waals surface area contributed by atoms with Crippen LogP contribution in [-0.2, 0) is 9.53 Å². The summed E-state index contributed by atoms with van der Waals surface area (Å²) >= 11 is 1.40. The van der Waals surface area contributed by atoms with E-state index < -0.39 is 11.9 Å². The number of nitrogens with zero attached hydrogens (tertiary/aromatic N) is 1. The molecule has 1 aliphatic rings. The molecule has 0 aliphatic carbocycles. The van der Waals surface area contributed by atoms with E-state index in [2.05, 4.69) is 0 Å². The Labute approximate surface area is 103 Å². The van der Waals surface area contributed by atoms with Crippen molar-refractivity contribution in [2.75, 3.05) is 19.8 Å². The van der Waals surface area contributed by atoms with E-state index >= 15 is 0 Å². The number of hydrogen-bond donors (Lipinski definition) is 1. The number of carbonyl (C=O) groups is 1. The lowest BCUT2D eigenvalue weighted by atomic mass is 10.3. The zero-order chi connectivity index (χ0) is 12.3. The molecule has 2 rings (SSSR count). The molecule has 1 aliphatic heterocycles. The van der Waals surface area contributed by atoms with Crippen molar-refractivity contribution in [1.82, 2.24) is 4.31 Å². The van der Waals surface area contributed by atoms with E-state index in [1.165, 1.54) is 24.1 Å². The molecule has 1 saturated heterocycles. The molecule has 0 aromatic heterocycles. The summed E-state index contributed by atoms with van der Waals surface area (Å²) in [6.07, 6.45) is 0. The molecule has 0 spiro atoms. The Balaban J connectivity index is 2.05. The van der Waals surface area contributed by atoms with E-state index in [-0.39, 0.29) is 5.82 Å². The number of halogens is 1. The van der Waals surface area contributed by atoms with Crippen molar-refractivity contribution in [3.05, 3.63) is 30.1 Å². The zero-order valence-electron chi connectivity index (χ0n) is 9.14. The summed E-state index contributed by atoms with van der Waals surface area (Å²) in [6.45, 7) is 1.50. The fourth-order valence-electron chi connectivity index (χ4n) is 1.55. The van der Waals surface area contributed by atoms with Gasteiger partial charge < -0.3 is 10.5 Å². The van der Waals surface area contributed by atoms with E-state index in [9.17, 15) is 9.18 Å². The van der Waals surface area contributed by atoms with Gasteiger partial charge in [-0.2, -0.15) is 0 Å². The second kappa shape index (κ2) is 5.48. The third-order valence-corrected chi connectivity index (χ3v) is 3.60. The Kier molecular flexibility index (Phi) is 3.98. The highest BCUT2D eigenvalue weighted by molar-refractivity contribution is 7.97. The Morgan fingerprint density at radius 2 is 2.18 bits per heavy atom. The fraction of sp³-hybridized carbons (Fsp3) is 0.364. The fourth-order valence-corrected chi connectivity index (χ4v) is 2.54. The van der Waals surface area contributed by atoms with Gasteiger partial charge in [-0.1, -0.05) is 0 Å². The van der Waals surface area contributed by atoms with E-state index in [0.717, 1.165) is 4.90 Å². The normalized spacial score (nSPS) is 21.4. The highest BCUT2D eigenvalue weighted by Gasteiger charge is 2.28. The summed E-state index contributed by atoms with van der Waals surface area (Å²) in [4.78, 5) is 12.1. The van der Waals surface area contributed by atoms with Crippen molar-refractivity contribution in [2.24, 2.45) is 5.73 Å². The Hall–Kier alpha value is -1.11. The summed E-state index contributed by atoms with van der Waals surface area (Å²) < 4.78 is 19.8. The molecular weight excluding hydrogens is 243 g/mol. The largest absolute Gasteiger partial charge is 0.378 e. The number of amides is 1. The second-order valence-electron chi connectivity index (χ2n) is 3.68. The minimum atomic E-state index is -0.432. The van der Waals surface area contributed by atoms with E-state index in [1.54, 1.807) is 12.1 Å². The van der Waals surface area contributed by atoms with Crippen LogP contribution in [0.5, 0.6) is 0 Å². The molecule has 6 heteroatoms. The predicted molar refractivity (Wildman–Crippen MR) is 62.8 cm³/mol. The first-order valence-electron chi connectivity index (χ1n) is 5.24. The molecule has 92 valence electrons. The third kappa shape index (κ3) is 3.18. The summed E-state index contributed by atoms with van der Waals surface area (Å²) in [5.74, 6) is -0.679. The first-order valence-corrected chi connectivity index (χ1v) is 6.01. The van der Waals surface area contributed by atoms with Crippen LogP contribution in [0.2, 0.25) is 0 Å². The van der Waals surface area contributed by atoms with E-state index in [4.69, 9.17) is 10.5 Å². The molecular formula is C11H13FN2O2S.